The monoisotopic (exact) mass is 348 g/mol. The fourth-order valence-electron chi connectivity index (χ4n) is 6.29. The van der Waals surface area contributed by atoms with E-state index in [1.807, 2.05) is 0 Å². The van der Waals surface area contributed by atoms with Crippen LogP contribution in [0.2, 0.25) is 0 Å². The Morgan fingerprint density at radius 3 is 2.08 bits per heavy atom. The molecule has 0 amide bonds. The second-order valence-corrected chi connectivity index (χ2v) is 9.54. The van der Waals surface area contributed by atoms with Crippen LogP contribution in [0.15, 0.2) is 0 Å². The Labute approximate surface area is 155 Å². The number of carbonyl (C=O) groups excluding carboxylic acids is 1. The molecule has 0 radical (unpaired) electrons. The average Bonchev–Trinajstić information content (AvgIpc) is 2.68. The molecule has 0 aromatic heterocycles. The summed E-state index contributed by atoms with van der Waals surface area (Å²) >= 11 is 0. The average molecular weight is 349 g/mol. The molecule has 0 aromatic carbocycles. The van der Waals surface area contributed by atoms with Gasteiger partial charge in [0.05, 0.1) is 12.5 Å². The number of fused-ring (bicyclic) bond motifs is 3. The Morgan fingerprint density at radius 2 is 1.52 bits per heavy atom. The minimum atomic E-state index is 0.0834. The molecule has 144 valence electrons. The lowest BCUT2D eigenvalue weighted by Gasteiger charge is -2.58. The molecule has 25 heavy (non-hydrogen) atoms. The summed E-state index contributed by atoms with van der Waals surface area (Å²) in [6.07, 6.45) is 20.3. The van der Waals surface area contributed by atoms with E-state index in [-0.39, 0.29) is 11.9 Å². The topological polar surface area (TPSA) is 26.3 Å². The molecule has 0 N–H and O–H groups in total. The highest BCUT2D eigenvalue weighted by atomic mass is 16.5. The minimum absolute atomic E-state index is 0.0834. The molecule has 4 aliphatic carbocycles. The van der Waals surface area contributed by atoms with Gasteiger partial charge in [0.15, 0.2) is 0 Å². The van der Waals surface area contributed by atoms with Crippen LogP contribution in [0.1, 0.15) is 110 Å². The number of carbonyl (C=O) groups is 1. The van der Waals surface area contributed by atoms with Crippen molar-refractivity contribution in [2.24, 2.45) is 22.7 Å². The van der Waals surface area contributed by atoms with Gasteiger partial charge in [-0.1, -0.05) is 33.1 Å². The summed E-state index contributed by atoms with van der Waals surface area (Å²) in [5.41, 5.74) is 1.36. The standard InChI is InChI=1S/C23H40O2/c1-3-5-6-11-22-12-15-23(16-13-22,17-14-22)20-9-7-19(8-10-20)21(24)25-18-4-2/h19-20H,3-18H2,1-2H3. The van der Waals surface area contributed by atoms with E-state index < -0.39 is 0 Å². The molecular weight excluding hydrogens is 308 g/mol. The Bertz CT molecular complexity index is 409. The van der Waals surface area contributed by atoms with Gasteiger partial charge in [-0.25, -0.2) is 0 Å². The van der Waals surface area contributed by atoms with Crippen molar-refractivity contribution < 1.29 is 9.53 Å². The van der Waals surface area contributed by atoms with Crippen molar-refractivity contribution in [2.75, 3.05) is 6.61 Å². The zero-order valence-corrected chi connectivity index (χ0v) is 16.8. The minimum Gasteiger partial charge on any atom is -0.465 e. The smallest absolute Gasteiger partial charge is 0.308 e. The van der Waals surface area contributed by atoms with Crippen molar-refractivity contribution in [3.63, 3.8) is 0 Å². The summed E-state index contributed by atoms with van der Waals surface area (Å²) in [4.78, 5) is 12.1. The van der Waals surface area contributed by atoms with Gasteiger partial charge in [-0.05, 0) is 93.8 Å². The van der Waals surface area contributed by atoms with Crippen LogP contribution in [0.25, 0.3) is 0 Å². The summed E-state index contributed by atoms with van der Waals surface area (Å²) in [7, 11) is 0. The maximum absolute atomic E-state index is 12.1. The number of esters is 1. The molecule has 0 saturated heterocycles. The summed E-state index contributed by atoms with van der Waals surface area (Å²) in [5.74, 6) is 1.16. The summed E-state index contributed by atoms with van der Waals surface area (Å²) in [5, 5.41) is 0. The molecule has 0 heterocycles. The van der Waals surface area contributed by atoms with Gasteiger partial charge in [-0.3, -0.25) is 4.79 Å². The van der Waals surface area contributed by atoms with Gasteiger partial charge < -0.3 is 4.74 Å². The van der Waals surface area contributed by atoms with E-state index in [1.165, 1.54) is 77.0 Å². The lowest BCUT2D eigenvalue weighted by Crippen LogP contribution is -2.46. The number of hydrogen-bond donors (Lipinski definition) is 0. The molecule has 4 rings (SSSR count). The van der Waals surface area contributed by atoms with Crippen molar-refractivity contribution >= 4 is 5.97 Å². The van der Waals surface area contributed by atoms with Gasteiger partial charge in [-0.2, -0.15) is 0 Å². The zero-order valence-electron chi connectivity index (χ0n) is 16.8. The molecule has 4 fully saturated rings. The highest BCUT2D eigenvalue weighted by molar-refractivity contribution is 5.72. The van der Waals surface area contributed by atoms with Crippen LogP contribution >= 0.6 is 0 Å². The molecule has 4 saturated carbocycles. The molecule has 0 aliphatic heterocycles. The molecule has 0 aromatic rings. The fourth-order valence-corrected chi connectivity index (χ4v) is 6.29. The Balaban J connectivity index is 1.48. The Hall–Kier alpha value is -0.530. The predicted octanol–water partition coefficient (Wildman–Crippen LogP) is 6.67. The van der Waals surface area contributed by atoms with Gasteiger partial charge in [0.25, 0.3) is 0 Å². The maximum Gasteiger partial charge on any atom is 0.308 e. The molecule has 0 unspecified atom stereocenters. The second-order valence-electron chi connectivity index (χ2n) is 9.54. The number of hydrogen-bond acceptors (Lipinski definition) is 2. The van der Waals surface area contributed by atoms with Crippen molar-refractivity contribution in [3.05, 3.63) is 0 Å². The quantitative estimate of drug-likeness (QED) is 0.362. The van der Waals surface area contributed by atoms with E-state index in [4.69, 9.17) is 4.74 Å². The summed E-state index contributed by atoms with van der Waals surface area (Å²) in [6, 6.07) is 0. The lowest BCUT2D eigenvalue weighted by molar-refractivity contribution is -0.151. The zero-order chi connectivity index (χ0) is 17.8. The van der Waals surface area contributed by atoms with Gasteiger partial charge in [0.2, 0.25) is 0 Å². The second kappa shape index (κ2) is 8.44. The highest BCUT2D eigenvalue weighted by Crippen LogP contribution is 2.63. The Morgan fingerprint density at radius 1 is 0.880 bits per heavy atom. The highest BCUT2D eigenvalue weighted by Gasteiger charge is 2.51. The Kier molecular flexibility index (Phi) is 6.49. The van der Waals surface area contributed by atoms with Gasteiger partial charge >= 0.3 is 5.97 Å². The SMILES string of the molecule is CCCCCC12CCC(C3CCC(C(=O)OCCC)CC3)(CC1)CC2. The first kappa shape index (κ1) is 19.2. The fraction of sp³-hybridized carbons (Fsp3) is 0.957. The third kappa shape index (κ3) is 4.25. The van der Waals surface area contributed by atoms with E-state index in [9.17, 15) is 4.79 Å². The lowest BCUT2D eigenvalue weighted by atomic mass is 9.47. The number of rotatable bonds is 8. The van der Waals surface area contributed by atoms with Crippen LogP contribution in [0.5, 0.6) is 0 Å². The first-order chi connectivity index (χ1) is 12.1. The van der Waals surface area contributed by atoms with Crippen LogP contribution in [-0.2, 0) is 9.53 Å². The van der Waals surface area contributed by atoms with Crippen molar-refractivity contribution in [1.82, 2.24) is 0 Å². The first-order valence-corrected chi connectivity index (χ1v) is 11.3. The summed E-state index contributed by atoms with van der Waals surface area (Å²) < 4.78 is 5.39. The van der Waals surface area contributed by atoms with Crippen LogP contribution in [0.3, 0.4) is 0 Å². The van der Waals surface area contributed by atoms with Gasteiger partial charge in [0.1, 0.15) is 0 Å². The van der Waals surface area contributed by atoms with Crippen LogP contribution < -0.4 is 0 Å². The van der Waals surface area contributed by atoms with Crippen molar-refractivity contribution in [3.8, 4) is 0 Å². The van der Waals surface area contributed by atoms with E-state index >= 15 is 0 Å². The molecule has 4 aliphatic rings. The molecule has 2 nitrogen and oxygen atoms in total. The van der Waals surface area contributed by atoms with Crippen LogP contribution in [0.4, 0.5) is 0 Å². The normalized spacial score (nSPS) is 37.8. The number of unbranched alkanes of at least 4 members (excludes halogenated alkanes) is 2. The van der Waals surface area contributed by atoms with Gasteiger partial charge in [-0.15, -0.1) is 0 Å². The third-order valence-corrected chi connectivity index (χ3v) is 8.15. The van der Waals surface area contributed by atoms with E-state index in [1.54, 1.807) is 0 Å². The van der Waals surface area contributed by atoms with E-state index in [2.05, 4.69) is 13.8 Å². The predicted molar refractivity (Wildman–Crippen MR) is 103 cm³/mol. The number of ether oxygens (including phenoxy) is 1. The van der Waals surface area contributed by atoms with Crippen LogP contribution in [-0.4, -0.2) is 12.6 Å². The van der Waals surface area contributed by atoms with Gasteiger partial charge in [0, 0.05) is 0 Å². The largest absolute Gasteiger partial charge is 0.465 e. The summed E-state index contributed by atoms with van der Waals surface area (Å²) in [6.45, 7) is 4.99. The van der Waals surface area contributed by atoms with E-state index in [0.717, 1.165) is 30.6 Å². The first-order valence-electron chi connectivity index (χ1n) is 11.3. The molecule has 2 heteroatoms. The van der Waals surface area contributed by atoms with E-state index in [0.29, 0.717) is 12.0 Å². The van der Waals surface area contributed by atoms with Crippen LogP contribution in [0, 0.1) is 22.7 Å². The van der Waals surface area contributed by atoms with Crippen molar-refractivity contribution in [2.45, 2.75) is 110 Å². The molecular formula is C23H40O2. The van der Waals surface area contributed by atoms with Crippen molar-refractivity contribution in [1.29, 1.82) is 0 Å². The molecule has 0 spiro atoms. The molecule has 0 atom stereocenters. The maximum atomic E-state index is 12.1. The molecule has 2 bridgehead atoms. The third-order valence-electron chi connectivity index (χ3n) is 8.15.